The highest BCUT2D eigenvalue weighted by atomic mass is 16.5. The third-order valence-electron chi connectivity index (χ3n) is 5.70. The Balaban J connectivity index is 1.33. The van der Waals surface area contributed by atoms with E-state index in [0.29, 0.717) is 5.92 Å². The zero-order valence-electron chi connectivity index (χ0n) is 12.2. The van der Waals surface area contributed by atoms with Gasteiger partial charge in [-0.05, 0) is 68.9 Å². The van der Waals surface area contributed by atoms with Crippen LogP contribution in [-0.2, 0) is 12.8 Å². The first kappa shape index (κ1) is 12.8. The molecule has 110 valence electrons. The summed E-state index contributed by atoms with van der Waals surface area (Å²) >= 11 is 0. The van der Waals surface area contributed by atoms with E-state index in [0.717, 1.165) is 55.4 Å². The maximum absolute atomic E-state index is 5.49. The molecule has 0 spiro atoms. The van der Waals surface area contributed by atoms with Gasteiger partial charge in [0.2, 0.25) is 5.89 Å². The summed E-state index contributed by atoms with van der Waals surface area (Å²) in [6, 6.07) is 0. The Morgan fingerprint density at radius 1 is 1.15 bits per heavy atom. The molecule has 4 heteroatoms. The van der Waals surface area contributed by atoms with Crippen LogP contribution in [0.1, 0.15) is 50.2 Å². The third kappa shape index (κ3) is 2.62. The number of aromatic nitrogens is 2. The van der Waals surface area contributed by atoms with Crippen LogP contribution < -0.4 is 5.32 Å². The van der Waals surface area contributed by atoms with E-state index < -0.39 is 0 Å². The first-order valence-corrected chi connectivity index (χ1v) is 8.39. The molecular weight excluding hydrogens is 250 g/mol. The van der Waals surface area contributed by atoms with E-state index in [1.54, 1.807) is 0 Å². The van der Waals surface area contributed by atoms with E-state index >= 15 is 0 Å². The molecule has 0 amide bonds. The van der Waals surface area contributed by atoms with Gasteiger partial charge in [-0.1, -0.05) is 11.6 Å². The molecule has 2 heterocycles. The zero-order chi connectivity index (χ0) is 13.4. The maximum atomic E-state index is 5.49. The van der Waals surface area contributed by atoms with Crippen molar-refractivity contribution in [1.29, 1.82) is 0 Å². The minimum absolute atomic E-state index is 0.691. The number of piperidine rings is 1. The molecular formula is C16H25N3O. The Labute approximate surface area is 120 Å². The van der Waals surface area contributed by atoms with Crippen LogP contribution in [0.3, 0.4) is 0 Å². The SMILES string of the molecule is C1CNCC(Cc2noc(CC3CC4CCC3C4)n2)C1. The van der Waals surface area contributed by atoms with E-state index in [1.165, 1.54) is 38.5 Å². The summed E-state index contributed by atoms with van der Waals surface area (Å²) < 4.78 is 5.49. The highest BCUT2D eigenvalue weighted by Crippen LogP contribution is 2.49. The lowest BCUT2D eigenvalue weighted by Gasteiger charge is -2.21. The monoisotopic (exact) mass is 275 g/mol. The van der Waals surface area contributed by atoms with Crippen LogP contribution in [-0.4, -0.2) is 23.2 Å². The van der Waals surface area contributed by atoms with Crippen molar-refractivity contribution in [3.63, 3.8) is 0 Å². The van der Waals surface area contributed by atoms with E-state index in [1.807, 2.05) is 0 Å². The quantitative estimate of drug-likeness (QED) is 0.917. The maximum Gasteiger partial charge on any atom is 0.226 e. The molecule has 1 aromatic heterocycles. The summed E-state index contributed by atoms with van der Waals surface area (Å²) in [6.07, 6.45) is 10.3. The molecule has 1 aromatic rings. The van der Waals surface area contributed by atoms with Gasteiger partial charge in [-0.15, -0.1) is 0 Å². The summed E-state index contributed by atoms with van der Waals surface area (Å²) in [6.45, 7) is 2.27. The van der Waals surface area contributed by atoms with E-state index in [-0.39, 0.29) is 0 Å². The summed E-state index contributed by atoms with van der Waals surface area (Å²) in [7, 11) is 0. The van der Waals surface area contributed by atoms with Crippen LogP contribution in [0.4, 0.5) is 0 Å². The molecule has 20 heavy (non-hydrogen) atoms. The number of hydrogen-bond donors (Lipinski definition) is 1. The molecule has 2 bridgehead atoms. The Kier molecular flexibility index (Phi) is 3.51. The largest absolute Gasteiger partial charge is 0.339 e. The van der Waals surface area contributed by atoms with Gasteiger partial charge in [0.15, 0.2) is 5.82 Å². The van der Waals surface area contributed by atoms with E-state index in [2.05, 4.69) is 15.5 Å². The van der Waals surface area contributed by atoms with Crippen LogP contribution in [0.15, 0.2) is 4.52 Å². The van der Waals surface area contributed by atoms with Crippen LogP contribution in [0.5, 0.6) is 0 Å². The fourth-order valence-electron chi connectivity index (χ4n) is 4.66. The Morgan fingerprint density at radius 3 is 2.90 bits per heavy atom. The number of fused-ring (bicyclic) bond motifs is 2. The van der Waals surface area contributed by atoms with Crippen LogP contribution in [0.25, 0.3) is 0 Å². The zero-order valence-corrected chi connectivity index (χ0v) is 12.2. The Hall–Kier alpha value is -0.900. The summed E-state index contributed by atoms with van der Waals surface area (Å²) in [4.78, 5) is 4.65. The molecule has 2 saturated carbocycles. The number of rotatable bonds is 4. The molecule has 0 aromatic carbocycles. The molecule has 3 aliphatic rings. The lowest BCUT2D eigenvalue weighted by atomic mass is 9.86. The molecule has 4 unspecified atom stereocenters. The van der Waals surface area contributed by atoms with E-state index in [9.17, 15) is 0 Å². The van der Waals surface area contributed by atoms with Gasteiger partial charge >= 0.3 is 0 Å². The highest BCUT2D eigenvalue weighted by Gasteiger charge is 2.40. The average Bonchev–Trinajstić information content (AvgIpc) is 3.17. The van der Waals surface area contributed by atoms with Gasteiger partial charge < -0.3 is 9.84 Å². The van der Waals surface area contributed by atoms with Crippen molar-refractivity contribution in [2.75, 3.05) is 13.1 Å². The Morgan fingerprint density at radius 2 is 2.15 bits per heavy atom. The second-order valence-electron chi connectivity index (χ2n) is 7.16. The van der Waals surface area contributed by atoms with Crippen molar-refractivity contribution in [2.45, 2.75) is 51.4 Å². The molecule has 0 radical (unpaired) electrons. The van der Waals surface area contributed by atoms with E-state index in [4.69, 9.17) is 4.52 Å². The molecule has 4 nitrogen and oxygen atoms in total. The van der Waals surface area contributed by atoms with Crippen LogP contribution >= 0.6 is 0 Å². The lowest BCUT2D eigenvalue weighted by molar-refractivity contribution is 0.287. The van der Waals surface area contributed by atoms with Crippen molar-refractivity contribution in [3.8, 4) is 0 Å². The molecule has 3 fully saturated rings. The van der Waals surface area contributed by atoms with Gasteiger partial charge in [-0.25, -0.2) is 0 Å². The topological polar surface area (TPSA) is 51.0 Å². The normalized spacial score (nSPS) is 36.6. The van der Waals surface area contributed by atoms with Crippen molar-refractivity contribution >= 4 is 0 Å². The van der Waals surface area contributed by atoms with Gasteiger partial charge in [-0.3, -0.25) is 0 Å². The molecule has 4 rings (SSSR count). The first-order valence-electron chi connectivity index (χ1n) is 8.39. The molecule has 2 aliphatic carbocycles. The molecule has 1 saturated heterocycles. The van der Waals surface area contributed by atoms with Crippen LogP contribution in [0.2, 0.25) is 0 Å². The first-order chi connectivity index (χ1) is 9.87. The number of hydrogen-bond acceptors (Lipinski definition) is 4. The fourth-order valence-corrected chi connectivity index (χ4v) is 4.66. The summed E-state index contributed by atoms with van der Waals surface area (Å²) in [5, 5.41) is 7.65. The standard InChI is InChI=1S/C16H25N3O/c1-2-12(10-17-5-1)8-15-18-16(20-19-15)9-14-7-11-3-4-13(14)6-11/h11-14,17H,1-10H2. The van der Waals surface area contributed by atoms with Gasteiger partial charge in [0.25, 0.3) is 0 Å². The van der Waals surface area contributed by atoms with Gasteiger partial charge in [0.05, 0.1) is 0 Å². The highest BCUT2D eigenvalue weighted by molar-refractivity contribution is 4.96. The average molecular weight is 275 g/mol. The van der Waals surface area contributed by atoms with Crippen molar-refractivity contribution in [2.24, 2.45) is 23.7 Å². The minimum Gasteiger partial charge on any atom is -0.339 e. The summed E-state index contributed by atoms with van der Waals surface area (Å²) in [5.41, 5.74) is 0. The second kappa shape index (κ2) is 5.47. The molecule has 4 atom stereocenters. The fraction of sp³-hybridized carbons (Fsp3) is 0.875. The second-order valence-corrected chi connectivity index (χ2v) is 7.16. The van der Waals surface area contributed by atoms with Gasteiger partial charge in [-0.2, -0.15) is 4.98 Å². The van der Waals surface area contributed by atoms with Crippen molar-refractivity contribution < 1.29 is 4.52 Å². The molecule has 1 N–H and O–H groups in total. The smallest absolute Gasteiger partial charge is 0.226 e. The third-order valence-corrected chi connectivity index (χ3v) is 5.70. The lowest BCUT2D eigenvalue weighted by Crippen LogP contribution is -2.31. The van der Waals surface area contributed by atoms with Crippen molar-refractivity contribution in [3.05, 3.63) is 11.7 Å². The number of nitrogens with zero attached hydrogens (tertiary/aromatic N) is 2. The van der Waals surface area contributed by atoms with Gasteiger partial charge in [0, 0.05) is 12.8 Å². The van der Waals surface area contributed by atoms with Gasteiger partial charge in [0.1, 0.15) is 0 Å². The Bertz CT molecular complexity index is 452. The molecule has 1 aliphatic heterocycles. The number of nitrogens with one attached hydrogen (secondary N) is 1. The minimum atomic E-state index is 0.691. The van der Waals surface area contributed by atoms with Crippen molar-refractivity contribution in [1.82, 2.24) is 15.5 Å². The van der Waals surface area contributed by atoms with Crippen LogP contribution in [0, 0.1) is 23.7 Å². The predicted molar refractivity (Wildman–Crippen MR) is 76.2 cm³/mol. The summed E-state index contributed by atoms with van der Waals surface area (Å²) in [5.74, 6) is 5.27. The predicted octanol–water partition coefficient (Wildman–Crippen LogP) is 2.59.